The molecule has 3 unspecified atom stereocenters. The summed E-state index contributed by atoms with van der Waals surface area (Å²) in [6.07, 6.45) is 5.84. The number of carbonyl (C=O) groups excluding carboxylic acids is 3. The Morgan fingerprint density at radius 3 is 2.18 bits per heavy atom. The van der Waals surface area contributed by atoms with Gasteiger partial charge in [-0.2, -0.15) is 0 Å². The average Bonchev–Trinajstić information content (AvgIpc) is 2.83. The molecule has 196 valence electrons. The van der Waals surface area contributed by atoms with Crippen LogP contribution in [0, 0.1) is 5.92 Å². The molecule has 0 aromatic rings. The fourth-order valence-corrected chi connectivity index (χ4v) is 5.32. The minimum atomic E-state index is -2.11. The monoisotopic (exact) mass is 502 g/mol. The lowest BCUT2D eigenvalue weighted by atomic mass is 9.84. The Balaban J connectivity index is 2.10. The SMILES string of the molecule is C=CC(=O)OCCCCC(=O)OCCCCC(=O)OC1CCC(CC[Si](C)(OC)OC)CC1O. The number of esters is 3. The zero-order valence-electron chi connectivity index (χ0n) is 20.9. The van der Waals surface area contributed by atoms with Crippen LogP contribution in [0.15, 0.2) is 12.7 Å². The third-order valence-corrected chi connectivity index (χ3v) is 9.17. The van der Waals surface area contributed by atoms with Gasteiger partial charge >= 0.3 is 26.5 Å². The molecule has 0 aromatic carbocycles. The first-order chi connectivity index (χ1) is 16.2. The second-order valence-corrected chi connectivity index (χ2v) is 12.4. The number of ether oxygens (including phenoxy) is 3. The molecule has 1 N–H and O–H groups in total. The maximum atomic E-state index is 12.1. The molecular weight excluding hydrogens is 460 g/mol. The second kappa shape index (κ2) is 16.8. The van der Waals surface area contributed by atoms with Gasteiger partial charge in [-0.05, 0) is 69.9 Å². The van der Waals surface area contributed by atoms with Gasteiger partial charge in [-0.25, -0.2) is 4.79 Å². The third kappa shape index (κ3) is 12.6. The zero-order chi connectivity index (χ0) is 25.4. The van der Waals surface area contributed by atoms with Gasteiger partial charge in [-0.15, -0.1) is 0 Å². The van der Waals surface area contributed by atoms with E-state index < -0.39 is 26.7 Å². The van der Waals surface area contributed by atoms with Crippen LogP contribution < -0.4 is 0 Å². The van der Waals surface area contributed by atoms with Crippen LogP contribution in [-0.4, -0.2) is 71.2 Å². The van der Waals surface area contributed by atoms with Crippen molar-refractivity contribution < 1.29 is 42.6 Å². The van der Waals surface area contributed by atoms with Crippen molar-refractivity contribution in [1.29, 1.82) is 0 Å². The van der Waals surface area contributed by atoms with Gasteiger partial charge in [0, 0.05) is 33.1 Å². The molecule has 0 aromatic heterocycles. The van der Waals surface area contributed by atoms with Gasteiger partial charge in [0.1, 0.15) is 6.10 Å². The van der Waals surface area contributed by atoms with Crippen molar-refractivity contribution in [3.05, 3.63) is 12.7 Å². The van der Waals surface area contributed by atoms with Crippen LogP contribution in [0.25, 0.3) is 0 Å². The summed E-state index contributed by atoms with van der Waals surface area (Å²) in [5.74, 6) is -0.741. The molecule has 9 nitrogen and oxygen atoms in total. The van der Waals surface area contributed by atoms with E-state index in [2.05, 4.69) is 6.58 Å². The van der Waals surface area contributed by atoms with Gasteiger partial charge in [-0.1, -0.05) is 6.58 Å². The Labute approximate surface area is 204 Å². The summed E-state index contributed by atoms with van der Waals surface area (Å²) in [7, 11) is 1.25. The average molecular weight is 503 g/mol. The van der Waals surface area contributed by atoms with Crippen molar-refractivity contribution in [3.8, 4) is 0 Å². The molecule has 1 fully saturated rings. The van der Waals surface area contributed by atoms with Crippen molar-refractivity contribution in [3.63, 3.8) is 0 Å². The topological polar surface area (TPSA) is 118 Å². The van der Waals surface area contributed by atoms with E-state index in [0.717, 1.165) is 25.0 Å². The molecule has 0 spiro atoms. The Bertz CT molecular complexity index is 636. The van der Waals surface area contributed by atoms with E-state index in [1.807, 2.05) is 6.55 Å². The van der Waals surface area contributed by atoms with E-state index in [1.54, 1.807) is 14.2 Å². The van der Waals surface area contributed by atoms with Gasteiger partial charge < -0.3 is 28.2 Å². The molecule has 34 heavy (non-hydrogen) atoms. The molecule has 0 bridgehead atoms. The van der Waals surface area contributed by atoms with E-state index >= 15 is 0 Å². The smallest absolute Gasteiger partial charge is 0.334 e. The lowest BCUT2D eigenvalue weighted by Crippen LogP contribution is -2.39. The maximum Gasteiger partial charge on any atom is 0.334 e. The van der Waals surface area contributed by atoms with Crippen LogP contribution in [0.4, 0.5) is 0 Å². The molecule has 0 saturated heterocycles. The van der Waals surface area contributed by atoms with E-state index in [-0.39, 0.29) is 38.0 Å². The summed E-state index contributed by atoms with van der Waals surface area (Å²) in [6.45, 7) is 5.83. The molecule has 1 aliphatic rings. The van der Waals surface area contributed by atoms with E-state index in [0.29, 0.717) is 44.4 Å². The van der Waals surface area contributed by atoms with Gasteiger partial charge in [-0.3, -0.25) is 9.59 Å². The molecule has 1 aliphatic carbocycles. The highest BCUT2D eigenvalue weighted by Crippen LogP contribution is 2.32. The fraction of sp³-hybridized carbons (Fsp3) is 0.792. The van der Waals surface area contributed by atoms with Crippen molar-refractivity contribution in [2.24, 2.45) is 5.92 Å². The lowest BCUT2D eigenvalue weighted by Gasteiger charge is -2.34. The van der Waals surface area contributed by atoms with Gasteiger partial charge in [0.15, 0.2) is 0 Å². The maximum absolute atomic E-state index is 12.1. The number of unbranched alkanes of at least 4 members (excludes halogenated alkanes) is 2. The molecule has 3 atom stereocenters. The van der Waals surface area contributed by atoms with Crippen LogP contribution in [0.2, 0.25) is 12.6 Å². The summed E-state index contributed by atoms with van der Waals surface area (Å²) in [4.78, 5) is 34.7. The van der Waals surface area contributed by atoms with Gasteiger partial charge in [0.2, 0.25) is 0 Å². The number of aliphatic hydroxyl groups excluding tert-OH is 1. The first-order valence-electron chi connectivity index (χ1n) is 12.2. The van der Waals surface area contributed by atoms with Gasteiger partial charge in [0.05, 0.1) is 19.3 Å². The first-order valence-corrected chi connectivity index (χ1v) is 14.7. The minimum absolute atomic E-state index is 0.227. The van der Waals surface area contributed by atoms with Crippen LogP contribution >= 0.6 is 0 Å². The quantitative estimate of drug-likeness (QED) is 0.105. The summed E-state index contributed by atoms with van der Waals surface area (Å²) in [6, 6.07) is 0.873. The Hall–Kier alpha value is -1.75. The third-order valence-electron chi connectivity index (χ3n) is 6.24. The molecule has 0 radical (unpaired) electrons. The molecule has 0 amide bonds. The van der Waals surface area contributed by atoms with Crippen molar-refractivity contribution in [1.82, 2.24) is 0 Å². The Morgan fingerprint density at radius 1 is 0.971 bits per heavy atom. The molecule has 0 aliphatic heterocycles. The van der Waals surface area contributed by atoms with E-state index in [1.165, 1.54) is 0 Å². The molecular formula is C24H42O9Si. The number of carbonyl (C=O) groups is 3. The number of aliphatic hydroxyl groups is 1. The predicted molar refractivity (Wildman–Crippen MR) is 128 cm³/mol. The molecule has 1 saturated carbocycles. The number of hydrogen-bond donors (Lipinski definition) is 1. The normalized spacial score (nSPS) is 20.4. The standard InChI is InChI=1S/C24H42O9Si/c1-5-22(26)31-15-8-6-10-23(27)32-16-9-7-11-24(28)33-21-13-12-19(18-20(21)25)14-17-34(4,29-2)30-3/h5,19-21,25H,1,6-18H2,2-4H3. The van der Waals surface area contributed by atoms with Crippen LogP contribution in [0.5, 0.6) is 0 Å². The largest absolute Gasteiger partial charge is 0.466 e. The summed E-state index contributed by atoms with van der Waals surface area (Å²) >= 11 is 0. The lowest BCUT2D eigenvalue weighted by molar-refractivity contribution is -0.159. The van der Waals surface area contributed by atoms with E-state index in [9.17, 15) is 19.5 Å². The Morgan fingerprint density at radius 2 is 1.59 bits per heavy atom. The highest BCUT2D eigenvalue weighted by atomic mass is 28.4. The number of hydrogen-bond acceptors (Lipinski definition) is 9. The van der Waals surface area contributed by atoms with Crippen molar-refractivity contribution in [2.75, 3.05) is 27.4 Å². The van der Waals surface area contributed by atoms with E-state index in [4.69, 9.17) is 23.1 Å². The first kappa shape index (κ1) is 30.3. The fourth-order valence-electron chi connectivity index (χ4n) is 3.82. The molecule has 1 rings (SSSR count). The van der Waals surface area contributed by atoms with Crippen LogP contribution in [-0.2, 0) is 37.4 Å². The minimum Gasteiger partial charge on any atom is -0.466 e. The van der Waals surface area contributed by atoms with Crippen LogP contribution in [0.3, 0.4) is 0 Å². The predicted octanol–water partition coefficient (Wildman–Crippen LogP) is 3.43. The van der Waals surface area contributed by atoms with Crippen molar-refractivity contribution >= 4 is 26.5 Å². The highest BCUT2D eigenvalue weighted by molar-refractivity contribution is 6.65. The Kier molecular flexibility index (Phi) is 15.0. The summed E-state index contributed by atoms with van der Waals surface area (Å²) < 4.78 is 26.5. The van der Waals surface area contributed by atoms with Crippen LogP contribution in [0.1, 0.15) is 64.2 Å². The summed E-state index contributed by atoms with van der Waals surface area (Å²) in [5.41, 5.74) is 0. The molecule has 10 heteroatoms. The second-order valence-electron chi connectivity index (χ2n) is 8.86. The summed E-state index contributed by atoms with van der Waals surface area (Å²) in [5, 5.41) is 10.4. The highest BCUT2D eigenvalue weighted by Gasteiger charge is 2.35. The van der Waals surface area contributed by atoms with Gasteiger partial charge in [0.25, 0.3) is 0 Å². The molecule has 0 heterocycles. The zero-order valence-corrected chi connectivity index (χ0v) is 21.9. The van der Waals surface area contributed by atoms with Crippen molar-refractivity contribution in [2.45, 2.75) is 89.0 Å². The number of rotatable bonds is 17.